The highest BCUT2D eigenvalue weighted by atomic mass is 35.5. The second-order valence-corrected chi connectivity index (χ2v) is 7.23. The first-order chi connectivity index (χ1) is 13.0. The van der Waals surface area contributed by atoms with Crippen LogP contribution in [0.15, 0.2) is 66.0 Å². The Morgan fingerprint density at radius 3 is 2.63 bits per heavy atom. The lowest BCUT2D eigenvalue weighted by Gasteiger charge is -2.14. The predicted octanol–water partition coefficient (Wildman–Crippen LogP) is 3.60. The normalized spacial score (nSPS) is 11.7. The standard InChI is InChI=1S/C19H16ClN3O3S/c20-14-8-9-16(23(25)26)15(11-14)22-18(24)12-21-19(17-7-4-10-27-17)13-5-2-1-3-6-13/h1-11,19,21H,12H2,(H,22,24)/p+1/t19-/m0/s1. The molecule has 1 atom stereocenters. The van der Waals surface area contributed by atoms with E-state index in [2.05, 4.69) is 5.32 Å². The molecule has 0 aliphatic rings. The second-order valence-electron chi connectivity index (χ2n) is 5.81. The minimum Gasteiger partial charge on any atom is -0.328 e. The molecule has 0 aliphatic carbocycles. The molecule has 138 valence electrons. The van der Waals surface area contributed by atoms with Gasteiger partial charge in [-0.3, -0.25) is 14.9 Å². The zero-order valence-corrected chi connectivity index (χ0v) is 15.7. The molecule has 3 N–H and O–H groups in total. The van der Waals surface area contributed by atoms with Crippen LogP contribution in [-0.2, 0) is 4.79 Å². The van der Waals surface area contributed by atoms with Crippen LogP contribution in [0, 0.1) is 10.1 Å². The summed E-state index contributed by atoms with van der Waals surface area (Å²) in [6.45, 7) is 0.112. The van der Waals surface area contributed by atoms with E-state index in [1.807, 2.05) is 53.2 Å². The molecule has 0 spiro atoms. The van der Waals surface area contributed by atoms with Crippen LogP contribution in [-0.4, -0.2) is 17.4 Å². The Morgan fingerprint density at radius 2 is 1.96 bits per heavy atom. The molecule has 1 aromatic heterocycles. The third-order valence-electron chi connectivity index (χ3n) is 3.98. The molecule has 0 bridgehead atoms. The molecule has 27 heavy (non-hydrogen) atoms. The van der Waals surface area contributed by atoms with E-state index in [1.165, 1.54) is 18.2 Å². The second kappa shape index (κ2) is 8.77. The summed E-state index contributed by atoms with van der Waals surface area (Å²) < 4.78 is 0. The molecular formula is C19H17ClN3O3S+. The SMILES string of the molecule is O=C(C[NH2+][C@@H](c1ccccc1)c1cccs1)Nc1cc(Cl)ccc1[N+](=O)[O-]. The lowest BCUT2D eigenvalue weighted by atomic mass is 10.1. The molecule has 6 nitrogen and oxygen atoms in total. The number of nitro groups is 1. The van der Waals surface area contributed by atoms with Crippen molar-refractivity contribution in [3.63, 3.8) is 0 Å². The molecule has 0 unspecified atom stereocenters. The van der Waals surface area contributed by atoms with E-state index in [4.69, 9.17) is 11.6 Å². The van der Waals surface area contributed by atoms with Gasteiger partial charge in [0, 0.05) is 16.7 Å². The quantitative estimate of drug-likeness (QED) is 0.467. The van der Waals surface area contributed by atoms with E-state index in [9.17, 15) is 14.9 Å². The number of benzene rings is 2. The van der Waals surface area contributed by atoms with Gasteiger partial charge in [0.05, 0.1) is 9.80 Å². The number of thiophene rings is 1. The molecule has 1 amide bonds. The summed E-state index contributed by atoms with van der Waals surface area (Å²) in [5.41, 5.74) is 0.991. The van der Waals surface area contributed by atoms with Crippen molar-refractivity contribution in [1.29, 1.82) is 0 Å². The highest BCUT2D eigenvalue weighted by Gasteiger charge is 2.21. The molecular weight excluding hydrogens is 386 g/mol. The Morgan fingerprint density at radius 1 is 1.19 bits per heavy atom. The first kappa shape index (κ1) is 19.0. The lowest BCUT2D eigenvalue weighted by Crippen LogP contribution is -2.87. The molecule has 0 radical (unpaired) electrons. The number of anilines is 1. The van der Waals surface area contributed by atoms with Crippen LogP contribution in [0.2, 0.25) is 5.02 Å². The first-order valence-electron chi connectivity index (χ1n) is 8.20. The van der Waals surface area contributed by atoms with Gasteiger partial charge in [0.2, 0.25) is 0 Å². The summed E-state index contributed by atoms with van der Waals surface area (Å²) in [5.74, 6) is -0.335. The highest BCUT2D eigenvalue weighted by Crippen LogP contribution is 2.27. The predicted molar refractivity (Wildman–Crippen MR) is 106 cm³/mol. The molecule has 1 heterocycles. The Labute approximate surface area is 164 Å². The number of carbonyl (C=O) groups is 1. The van der Waals surface area contributed by atoms with Gasteiger partial charge in [-0.25, -0.2) is 0 Å². The van der Waals surface area contributed by atoms with Crippen LogP contribution in [0.1, 0.15) is 16.5 Å². The van der Waals surface area contributed by atoms with Crippen molar-refractivity contribution in [2.24, 2.45) is 0 Å². The van der Waals surface area contributed by atoms with Crippen LogP contribution >= 0.6 is 22.9 Å². The van der Waals surface area contributed by atoms with Crippen molar-refractivity contribution in [3.05, 3.63) is 91.6 Å². The van der Waals surface area contributed by atoms with Gasteiger partial charge in [-0.15, -0.1) is 11.3 Å². The fourth-order valence-corrected chi connectivity index (χ4v) is 3.76. The zero-order chi connectivity index (χ0) is 19.2. The number of nitrogens with zero attached hydrogens (tertiary/aromatic N) is 1. The number of rotatable bonds is 7. The van der Waals surface area contributed by atoms with E-state index in [-0.39, 0.29) is 29.9 Å². The number of carbonyl (C=O) groups excluding carboxylic acids is 1. The molecule has 2 aromatic carbocycles. The van der Waals surface area contributed by atoms with Gasteiger partial charge < -0.3 is 10.6 Å². The van der Waals surface area contributed by atoms with Gasteiger partial charge in [-0.05, 0) is 23.6 Å². The van der Waals surface area contributed by atoms with Crippen LogP contribution in [0.4, 0.5) is 11.4 Å². The molecule has 3 aromatic rings. The third kappa shape index (κ3) is 4.91. The summed E-state index contributed by atoms with van der Waals surface area (Å²) in [6.07, 6.45) is 0. The summed E-state index contributed by atoms with van der Waals surface area (Å²) in [5, 5.41) is 17.9. The van der Waals surface area contributed by atoms with Gasteiger partial charge in [-0.1, -0.05) is 48.0 Å². The lowest BCUT2D eigenvalue weighted by molar-refractivity contribution is -0.675. The Bertz CT molecular complexity index is 933. The summed E-state index contributed by atoms with van der Waals surface area (Å²) in [7, 11) is 0. The molecule has 0 aliphatic heterocycles. The largest absolute Gasteiger partial charge is 0.328 e. The number of nitro benzene ring substituents is 1. The minimum atomic E-state index is -0.548. The minimum absolute atomic E-state index is 0.0219. The summed E-state index contributed by atoms with van der Waals surface area (Å²) in [6, 6.07) is 17.9. The van der Waals surface area contributed by atoms with Crippen molar-refractivity contribution in [1.82, 2.24) is 0 Å². The Hall–Kier alpha value is -2.74. The summed E-state index contributed by atoms with van der Waals surface area (Å²) in [4.78, 5) is 24.1. The van der Waals surface area contributed by atoms with E-state index in [0.29, 0.717) is 5.02 Å². The molecule has 0 saturated carbocycles. The van der Waals surface area contributed by atoms with Crippen LogP contribution in [0.5, 0.6) is 0 Å². The van der Waals surface area contributed by atoms with Crippen LogP contribution in [0.3, 0.4) is 0 Å². The zero-order valence-electron chi connectivity index (χ0n) is 14.2. The number of hydrogen-bond donors (Lipinski definition) is 2. The maximum Gasteiger partial charge on any atom is 0.292 e. The molecule has 3 rings (SSSR count). The summed E-state index contributed by atoms with van der Waals surface area (Å²) >= 11 is 7.52. The van der Waals surface area contributed by atoms with Gasteiger partial charge >= 0.3 is 0 Å². The average molecular weight is 403 g/mol. The topological polar surface area (TPSA) is 88.8 Å². The molecule has 0 fully saturated rings. The highest BCUT2D eigenvalue weighted by molar-refractivity contribution is 7.10. The van der Waals surface area contributed by atoms with Gasteiger partial charge in [0.25, 0.3) is 11.6 Å². The average Bonchev–Trinajstić information content (AvgIpc) is 3.17. The van der Waals surface area contributed by atoms with Crippen molar-refractivity contribution in [3.8, 4) is 0 Å². The van der Waals surface area contributed by atoms with Gasteiger partial charge in [0.15, 0.2) is 6.54 Å². The van der Waals surface area contributed by atoms with Crippen molar-refractivity contribution < 1.29 is 15.0 Å². The fourth-order valence-electron chi connectivity index (χ4n) is 2.74. The van der Waals surface area contributed by atoms with Crippen molar-refractivity contribution in [2.45, 2.75) is 6.04 Å². The smallest absolute Gasteiger partial charge is 0.292 e. The number of hydrogen-bond acceptors (Lipinski definition) is 4. The van der Waals surface area contributed by atoms with Gasteiger partial charge in [0.1, 0.15) is 11.7 Å². The van der Waals surface area contributed by atoms with Crippen LogP contribution in [0.25, 0.3) is 0 Å². The Balaban J connectivity index is 1.72. The van der Waals surface area contributed by atoms with Crippen molar-refractivity contribution >= 4 is 40.2 Å². The first-order valence-corrected chi connectivity index (χ1v) is 9.46. The maximum atomic E-state index is 12.4. The third-order valence-corrected chi connectivity index (χ3v) is 5.17. The van der Waals surface area contributed by atoms with E-state index in [0.717, 1.165) is 10.4 Å². The number of amides is 1. The van der Waals surface area contributed by atoms with E-state index < -0.39 is 4.92 Å². The monoisotopic (exact) mass is 402 g/mol. The van der Waals surface area contributed by atoms with Gasteiger partial charge in [-0.2, -0.15) is 0 Å². The maximum absolute atomic E-state index is 12.4. The van der Waals surface area contributed by atoms with E-state index >= 15 is 0 Å². The number of quaternary nitrogens is 1. The Kier molecular flexibility index (Phi) is 6.18. The number of halogens is 1. The number of nitrogens with one attached hydrogen (secondary N) is 1. The molecule has 8 heteroatoms. The van der Waals surface area contributed by atoms with E-state index in [1.54, 1.807) is 11.3 Å². The van der Waals surface area contributed by atoms with Crippen LogP contribution < -0.4 is 10.6 Å². The number of nitrogens with two attached hydrogens (primary N) is 1. The van der Waals surface area contributed by atoms with Crippen molar-refractivity contribution in [2.75, 3.05) is 11.9 Å². The fraction of sp³-hybridized carbons (Fsp3) is 0.105. The molecule has 0 saturated heterocycles.